The van der Waals surface area contributed by atoms with Crippen molar-refractivity contribution in [2.45, 2.75) is 25.9 Å². The van der Waals surface area contributed by atoms with Crippen molar-refractivity contribution in [3.05, 3.63) is 71.6 Å². The average Bonchev–Trinajstić information content (AvgIpc) is 3.54. The predicted octanol–water partition coefficient (Wildman–Crippen LogP) is 3.37. The van der Waals surface area contributed by atoms with Gasteiger partial charge in [-0.05, 0) is 43.2 Å². The number of benzene rings is 1. The molecule has 0 saturated carbocycles. The van der Waals surface area contributed by atoms with E-state index in [9.17, 15) is 9.18 Å². The number of aryl methyl sites for hydroxylation is 1. The van der Waals surface area contributed by atoms with Crippen LogP contribution < -0.4 is 5.32 Å². The summed E-state index contributed by atoms with van der Waals surface area (Å²) in [5, 5.41) is 15.0. The van der Waals surface area contributed by atoms with Gasteiger partial charge in [0.15, 0.2) is 17.5 Å². The number of carbonyl (C=O) groups excluding carboxylic acids is 1. The maximum absolute atomic E-state index is 13.6. The number of ether oxygens (including phenoxy) is 1. The van der Waals surface area contributed by atoms with Crippen molar-refractivity contribution in [2.75, 3.05) is 25.0 Å². The lowest BCUT2D eigenvalue weighted by Crippen LogP contribution is -2.29. The monoisotopic (exact) mass is 449 g/mol. The Morgan fingerprint density at radius 1 is 1.27 bits per heavy atom. The summed E-state index contributed by atoms with van der Waals surface area (Å²) in [7, 11) is 0. The molecular formula is C23H24FN7O2. The Hall–Kier alpha value is -3.79. The molecule has 1 atom stereocenters. The lowest BCUT2D eigenvalue weighted by molar-refractivity contribution is -0.128. The minimum Gasteiger partial charge on any atom is -0.364 e. The van der Waals surface area contributed by atoms with E-state index >= 15 is 0 Å². The summed E-state index contributed by atoms with van der Waals surface area (Å²) >= 11 is 0. The van der Waals surface area contributed by atoms with Crippen LogP contribution in [0.3, 0.4) is 0 Å². The number of fused-ring (bicyclic) bond motifs is 1. The fraction of sp³-hybridized carbons (Fsp3) is 0.304. The van der Waals surface area contributed by atoms with Crippen LogP contribution in [0.5, 0.6) is 0 Å². The summed E-state index contributed by atoms with van der Waals surface area (Å²) in [6.45, 7) is 3.45. The van der Waals surface area contributed by atoms with E-state index in [-0.39, 0.29) is 11.7 Å². The van der Waals surface area contributed by atoms with Gasteiger partial charge in [0, 0.05) is 37.5 Å². The topological polar surface area (TPSA) is 100 Å². The fourth-order valence-electron chi connectivity index (χ4n) is 3.94. The fourth-order valence-corrected chi connectivity index (χ4v) is 3.94. The Bertz CT molecular complexity index is 1270. The van der Waals surface area contributed by atoms with Crippen LogP contribution in [0.4, 0.5) is 16.0 Å². The van der Waals surface area contributed by atoms with Gasteiger partial charge in [0.1, 0.15) is 17.4 Å². The lowest BCUT2D eigenvalue weighted by atomic mass is 10.1. The molecule has 1 aliphatic heterocycles. The molecule has 0 aliphatic carbocycles. The molecule has 0 bridgehead atoms. The molecular weight excluding hydrogens is 425 g/mol. The van der Waals surface area contributed by atoms with Crippen molar-refractivity contribution in [2.24, 2.45) is 0 Å². The standard InChI is InChI=1S/C23H24FN7O2/c1-15-14-19(28-27-15)25-22-18-4-2-11-31(18)29-23(26-22)21(16-6-8-17(24)9-7-16)33-13-12-30-10-3-5-20(30)32/h2,4,6-9,11,14,21H,3,5,10,12-13H2,1H3,(H2,25,26,27,28,29). The van der Waals surface area contributed by atoms with Gasteiger partial charge in [0.2, 0.25) is 5.91 Å². The zero-order valence-electron chi connectivity index (χ0n) is 18.2. The predicted molar refractivity (Wildman–Crippen MR) is 120 cm³/mol. The van der Waals surface area contributed by atoms with Crippen molar-refractivity contribution in [1.82, 2.24) is 29.7 Å². The Labute approximate surface area is 189 Å². The number of H-pyrrole nitrogens is 1. The average molecular weight is 449 g/mol. The number of rotatable bonds is 8. The number of aromatic amines is 1. The van der Waals surface area contributed by atoms with E-state index in [1.165, 1.54) is 12.1 Å². The van der Waals surface area contributed by atoms with Gasteiger partial charge in [-0.3, -0.25) is 9.89 Å². The van der Waals surface area contributed by atoms with Crippen molar-refractivity contribution >= 4 is 23.1 Å². The smallest absolute Gasteiger partial charge is 0.222 e. The summed E-state index contributed by atoms with van der Waals surface area (Å²) in [6, 6.07) is 11.7. The van der Waals surface area contributed by atoms with Gasteiger partial charge in [-0.15, -0.1) is 5.10 Å². The van der Waals surface area contributed by atoms with Crippen LogP contribution in [-0.2, 0) is 9.53 Å². The second-order valence-electron chi connectivity index (χ2n) is 8.00. The zero-order chi connectivity index (χ0) is 22.8. The van der Waals surface area contributed by atoms with Crippen molar-refractivity contribution in [3.8, 4) is 0 Å². The summed E-state index contributed by atoms with van der Waals surface area (Å²) in [5.74, 6) is 1.42. The SMILES string of the molecule is Cc1cc(Nc2nc(C(OCCN3CCCC3=O)c3ccc(F)cc3)nn3cccc23)n[nH]1. The molecule has 1 fully saturated rings. The van der Waals surface area contributed by atoms with Crippen molar-refractivity contribution in [3.63, 3.8) is 0 Å². The molecule has 2 N–H and O–H groups in total. The third kappa shape index (κ3) is 4.56. The molecule has 1 aliphatic rings. The second kappa shape index (κ2) is 8.99. The molecule has 1 amide bonds. The highest BCUT2D eigenvalue weighted by atomic mass is 19.1. The number of carbonyl (C=O) groups is 1. The van der Waals surface area contributed by atoms with Gasteiger partial charge in [-0.2, -0.15) is 5.10 Å². The van der Waals surface area contributed by atoms with Crippen molar-refractivity contribution < 1.29 is 13.9 Å². The first kappa shape index (κ1) is 21.1. The molecule has 1 saturated heterocycles. The molecule has 4 heterocycles. The highest BCUT2D eigenvalue weighted by Crippen LogP contribution is 2.27. The maximum Gasteiger partial charge on any atom is 0.222 e. The van der Waals surface area contributed by atoms with Gasteiger partial charge in [0.05, 0.1) is 6.61 Å². The molecule has 1 unspecified atom stereocenters. The van der Waals surface area contributed by atoms with Gasteiger partial charge >= 0.3 is 0 Å². The molecule has 5 rings (SSSR count). The zero-order valence-corrected chi connectivity index (χ0v) is 18.2. The van der Waals surface area contributed by atoms with Crippen LogP contribution in [0.1, 0.15) is 36.0 Å². The number of nitrogens with one attached hydrogen (secondary N) is 2. The number of hydrogen-bond donors (Lipinski definition) is 2. The molecule has 0 spiro atoms. The molecule has 10 heteroatoms. The first-order valence-electron chi connectivity index (χ1n) is 10.9. The van der Waals surface area contributed by atoms with Crippen LogP contribution in [0.2, 0.25) is 0 Å². The minimum absolute atomic E-state index is 0.141. The van der Waals surface area contributed by atoms with E-state index in [0.717, 1.165) is 29.7 Å². The number of anilines is 2. The van der Waals surface area contributed by atoms with E-state index in [1.807, 2.05) is 31.3 Å². The highest BCUT2D eigenvalue weighted by Gasteiger charge is 2.24. The number of aromatic nitrogens is 5. The van der Waals surface area contributed by atoms with E-state index < -0.39 is 6.10 Å². The second-order valence-corrected chi connectivity index (χ2v) is 8.00. The summed E-state index contributed by atoms with van der Waals surface area (Å²) in [5.41, 5.74) is 2.42. The van der Waals surface area contributed by atoms with Gasteiger partial charge in [-0.25, -0.2) is 13.9 Å². The highest BCUT2D eigenvalue weighted by molar-refractivity contribution is 5.78. The molecule has 4 aromatic rings. The number of likely N-dealkylation sites (tertiary alicyclic amines) is 1. The van der Waals surface area contributed by atoms with E-state index in [0.29, 0.717) is 37.0 Å². The molecule has 1 aromatic carbocycles. The van der Waals surface area contributed by atoms with Crippen LogP contribution in [0.25, 0.3) is 5.52 Å². The first-order chi connectivity index (χ1) is 16.1. The third-order valence-electron chi connectivity index (χ3n) is 5.58. The molecule has 0 radical (unpaired) electrons. The van der Waals surface area contributed by atoms with Gasteiger partial charge in [0.25, 0.3) is 0 Å². The summed E-state index contributed by atoms with van der Waals surface area (Å²) in [6.07, 6.45) is 2.63. The Morgan fingerprint density at radius 2 is 2.12 bits per heavy atom. The lowest BCUT2D eigenvalue weighted by Gasteiger charge is -2.21. The largest absolute Gasteiger partial charge is 0.364 e. The maximum atomic E-state index is 13.6. The van der Waals surface area contributed by atoms with Gasteiger partial charge < -0.3 is 15.0 Å². The van der Waals surface area contributed by atoms with Crippen LogP contribution >= 0.6 is 0 Å². The molecule has 9 nitrogen and oxygen atoms in total. The third-order valence-corrected chi connectivity index (χ3v) is 5.58. The summed E-state index contributed by atoms with van der Waals surface area (Å²) in [4.78, 5) is 18.5. The normalized spacial score (nSPS) is 14.8. The van der Waals surface area contributed by atoms with E-state index in [1.54, 1.807) is 21.5 Å². The van der Waals surface area contributed by atoms with E-state index in [2.05, 4.69) is 20.6 Å². The molecule has 3 aromatic heterocycles. The summed E-state index contributed by atoms with van der Waals surface area (Å²) < 4.78 is 21.5. The number of halogens is 1. The van der Waals surface area contributed by atoms with Crippen molar-refractivity contribution in [1.29, 1.82) is 0 Å². The van der Waals surface area contributed by atoms with Crippen LogP contribution in [-0.4, -0.2) is 55.3 Å². The Kier molecular flexibility index (Phi) is 5.74. The quantitative estimate of drug-likeness (QED) is 0.428. The first-order valence-corrected chi connectivity index (χ1v) is 10.9. The Balaban J connectivity index is 1.47. The Morgan fingerprint density at radius 3 is 2.85 bits per heavy atom. The molecule has 33 heavy (non-hydrogen) atoms. The van der Waals surface area contributed by atoms with Crippen LogP contribution in [0, 0.1) is 12.7 Å². The number of amides is 1. The number of hydrogen-bond acceptors (Lipinski definition) is 6. The number of nitrogens with zero attached hydrogens (tertiary/aromatic N) is 5. The van der Waals surface area contributed by atoms with Crippen LogP contribution in [0.15, 0.2) is 48.7 Å². The van der Waals surface area contributed by atoms with E-state index in [4.69, 9.17) is 9.72 Å². The molecule has 170 valence electrons. The minimum atomic E-state index is -0.642. The van der Waals surface area contributed by atoms with Gasteiger partial charge in [-0.1, -0.05) is 12.1 Å².